The molecule has 0 radical (unpaired) electrons. The Morgan fingerprint density at radius 2 is 0.862 bits per heavy atom. The first-order valence-corrected chi connectivity index (χ1v) is 25.9. The van der Waals surface area contributed by atoms with Gasteiger partial charge in [0.1, 0.15) is 43.2 Å². The van der Waals surface area contributed by atoms with E-state index in [9.17, 15) is 44.6 Å². The lowest BCUT2D eigenvalue weighted by atomic mass is 9.85. The van der Waals surface area contributed by atoms with Gasteiger partial charge in [-0.25, -0.2) is 4.57 Å². The summed E-state index contributed by atoms with van der Waals surface area (Å²) in [7, 11) is -5.14. The molecule has 0 spiro atoms. The fourth-order valence-electron chi connectivity index (χ4n) is 6.77. The standard InChI is InChI=1S/C51H85O13P/c1-3-5-7-9-11-13-15-17-19-21-22-24-25-27-29-31-33-35-37-39-44(52)61-41-43(42-62-65(59,60)64-51-49(57)47(55)46(54)48(56)50(51)58)63-45(53)40-38-36-34-32-30-28-26-23-20-18-16-14-12-10-8-6-4-2/h11-14,17-20,22,24,27,29,33,35,43,46-51,54-58H,3-10,15-16,21,23,25-26,28,30-32,34,36-42H2,1-2H3,(H,59,60)/b13-11+,14-12+,19-17+,20-18+,24-22+,29-27+,35-33+/t43-,46?,47-,48?,49?,50?,51?/m0/s1. The van der Waals surface area contributed by atoms with E-state index in [0.29, 0.717) is 19.3 Å². The molecule has 1 aliphatic carbocycles. The van der Waals surface area contributed by atoms with Gasteiger partial charge in [-0.15, -0.1) is 0 Å². The highest BCUT2D eigenvalue weighted by molar-refractivity contribution is 7.47. The van der Waals surface area contributed by atoms with Crippen LogP contribution in [0.15, 0.2) is 85.1 Å². The molecule has 0 saturated heterocycles. The number of hydrogen-bond acceptors (Lipinski definition) is 12. The van der Waals surface area contributed by atoms with Gasteiger partial charge in [0.05, 0.1) is 6.61 Å². The second-order valence-electron chi connectivity index (χ2n) is 16.6. The lowest BCUT2D eigenvalue weighted by Gasteiger charge is -2.41. The van der Waals surface area contributed by atoms with E-state index >= 15 is 0 Å². The van der Waals surface area contributed by atoms with Crippen LogP contribution in [0.2, 0.25) is 0 Å². The Morgan fingerprint density at radius 1 is 0.477 bits per heavy atom. The Hall–Kier alpha value is -2.97. The minimum absolute atomic E-state index is 0.0375. The number of phosphoric acid groups is 1. The Balaban J connectivity index is 2.50. The SMILES string of the molecule is CCCCC/C=C/C/C=C/C/C=C/C/C=C/C/C=C/CCC(=O)OC[C@@H](COP(=O)(O)OC1C(O)C(O)C(O)[C@H](O)C1O)OC(=O)CCCCCCCCC/C=C/C/C=C/CCCCC. The van der Waals surface area contributed by atoms with E-state index in [1.165, 1.54) is 38.5 Å². The zero-order valence-corrected chi connectivity index (χ0v) is 40.4. The smallest absolute Gasteiger partial charge is 0.462 e. The number of allylic oxidation sites excluding steroid dienone is 14. The molecule has 14 heteroatoms. The van der Waals surface area contributed by atoms with Gasteiger partial charge in [0.25, 0.3) is 0 Å². The van der Waals surface area contributed by atoms with Crippen molar-refractivity contribution in [1.82, 2.24) is 0 Å². The van der Waals surface area contributed by atoms with Crippen LogP contribution in [0.25, 0.3) is 0 Å². The molecule has 0 aromatic heterocycles. The highest BCUT2D eigenvalue weighted by Gasteiger charge is 2.51. The van der Waals surface area contributed by atoms with Gasteiger partial charge in [0, 0.05) is 12.8 Å². The molecule has 1 aliphatic rings. The molecule has 0 bridgehead atoms. The molecule has 1 rings (SSSR count). The number of unbranched alkanes of at least 4 members (excludes halogenated alkanes) is 13. The second-order valence-corrected chi connectivity index (χ2v) is 18.0. The molecule has 1 fully saturated rings. The van der Waals surface area contributed by atoms with Crippen LogP contribution in [0.3, 0.4) is 0 Å². The molecular weight excluding hydrogens is 852 g/mol. The maximum absolute atomic E-state index is 12.8. The number of aliphatic hydroxyl groups excluding tert-OH is 5. The molecule has 0 aromatic carbocycles. The van der Waals surface area contributed by atoms with Gasteiger partial charge < -0.3 is 39.9 Å². The first kappa shape index (κ1) is 60.0. The fraction of sp³-hybridized carbons (Fsp3) is 0.686. The van der Waals surface area contributed by atoms with E-state index in [1.54, 1.807) is 0 Å². The molecule has 372 valence electrons. The van der Waals surface area contributed by atoms with Crippen molar-refractivity contribution in [3.8, 4) is 0 Å². The molecule has 0 heterocycles. The summed E-state index contributed by atoms with van der Waals surface area (Å²) in [5.41, 5.74) is 0. The molecular formula is C51H85O13P. The van der Waals surface area contributed by atoms with Crippen molar-refractivity contribution in [2.24, 2.45) is 0 Å². The summed E-state index contributed by atoms with van der Waals surface area (Å²) in [5, 5.41) is 50.2. The average molecular weight is 937 g/mol. The predicted octanol–water partition coefficient (Wildman–Crippen LogP) is 10.1. The fourth-order valence-corrected chi connectivity index (χ4v) is 7.74. The molecule has 1 saturated carbocycles. The van der Waals surface area contributed by atoms with Crippen molar-refractivity contribution < 1.29 is 63.1 Å². The van der Waals surface area contributed by atoms with Crippen molar-refractivity contribution in [1.29, 1.82) is 0 Å². The number of rotatable bonds is 39. The lowest BCUT2D eigenvalue weighted by molar-refractivity contribution is -0.220. The van der Waals surface area contributed by atoms with Gasteiger partial charge in [0.15, 0.2) is 6.10 Å². The third-order valence-electron chi connectivity index (χ3n) is 10.7. The first-order chi connectivity index (χ1) is 31.4. The van der Waals surface area contributed by atoms with Crippen molar-refractivity contribution in [2.45, 2.75) is 211 Å². The van der Waals surface area contributed by atoms with E-state index in [2.05, 4.69) is 80.7 Å². The van der Waals surface area contributed by atoms with E-state index in [0.717, 1.165) is 83.5 Å². The van der Waals surface area contributed by atoms with Crippen molar-refractivity contribution in [2.75, 3.05) is 13.2 Å². The summed E-state index contributed by atoms with van der Waals surface area (Å²) in [6, 6.07) is 0. The monoisotopic (exact) mass is 937 g/mol. The Bertz CT molecular complexity index is 1460. The van der Waals surface area contributed by atoms with Gasteiger partial charge in [-0.3, -0.25) is 18.6 Å². The molecule has 6 N–H and O–H groups in total. The van der Waals surface area contributed by atoms with Gasteiger partial charge in [-0.1, -0.05) is 157 Å². The van der Waals surface area contributed by atoms with Crippen molar-refractivity contribution in [3.63, 3.8) is 0 Å². The minimum Gasteiger partial charge on any atom is -0.462 e. The average Bonchev–Trinajstić information content (AvgIpc) is 3.29. The largest absolute Gasteiger partial charge is 0.472 e. The minimum atomic E-state index is -5.14. The Kier molecular flexibility index (Phi) is 37.1. The number of phosphoric ester groups is 1. The highest BCUT2D eigenvalue weighted by atomic mass is 31.2. The Morgan fingerprint density at radius 3 is 1.32 bits per heavy atom. The molecule has 0 aromatic rings. The van der Waals surface area contributed by atoms with Crippen LogP contribution in [0.5, 0.6) is 0 Å². The molecule has 0 amide bonds. The molecule has 8 atom stereocenters. The van der Waals surface area contributed by atoms with Gasteiger partial charge in [-0.2, -0.15) is 0 Å². The number of carbonyl (C=O) groups excluding carboxylic acids is 2. The zero-order chi connectivity index (χ0) is 47.8. The summed E-state index contributed by atoms with van der Waals surface area (Å²) in [4.78, 5) is 35.7. The van der Waals surface area contributed by atoms with Crippen LogP contribution in [-0.4, -0.2) is 98.3 Å². The van der Waals surface area contributed by atoms with E-state index in [1.807, 2.05) is 18.2 Å². The van der Waals surface area contributed by atoms with Crippen LogP contribution in [0.4, 0.5) is 0 Å². The summed E-state index contributed by atoms with van der Waals surface area (Å²) < 4.78 is 33.5. The van der Waals surface area contributed by atoms with Crippen molar-refractivity contribution >= 4 is 19.8 Å². The van der Waals surface area contributed by atoms with E-state index < -0.39 is 75.7 Å². The van der Waals surface area contributed by atoms with Crippen LogP contribution in [-0.2, 0) is 32.7 Å². The molecule has 13 nitrogen and oxygen atoms in total. The first-order valence-electron chi connectivity index (χ1n) is 24.4. The maximum Gasteiger partial charge on any atom is 0.472 e. The van der Waals surface area contributed by atoms with Crippen LogP contribution < -0.4 is 0 Å². The van der Waals surface area contributed by atoms with Crippen LogP contribution in [0, 0.1) is 0 Å². The Labute approximate surface area is 390 Å². The second kappa shape index (κ2) is 40.1. The van der Waals surface area contributed by atoms with Gasteiger partial charge in [-0.05, 0) is 83.5 Å². The van der Waals surface area contributed by atoms with Gasteiger partial charge >= 0.3 is 19.8 Å². The van der Waals surface area contributed by atoms with Gasteiger partial charge in [0.2, 0.25) is 0 Å². The summed E-state index contributed by atoms with van der Waals surface area (Å²) in [5.74, 6) is -1.21. The third-order valence-corrected chi connectivity index (χ3v) is 11.7. The lowest BCUT2D eigenvalue weighted by Crippen LogP contribution is -2.64. The summed E-state index contributed by atoms with van der Waals surface area (Å²) >= 11 is 0. The molecule has 0 aliphatic heterocycles. The highest BCUT2D eigenvalue weighted by Crippen LogP contribution is 2.47. The summed E-state index contributed by atoms with van der Waals surface area (Å²) in [6.07, 6.45) is 39.2. The third kappa shape index (κ3) is 32.4. The quantitative estimate of drug-likeness (QED) is 0.0147. The normalized spacial score (nSPS) is 22.2. The molecule has 65 heavy (non-hydrogen) atoms. The number of hydrogen-bond donors (Lipinski definition) is 6. The number of esters is 2. The maximum atomic E-state index is 12.8. The number of carbonyl (C=O) groups is 2. The predicted molar refractivity (Wildman–Crippen MR) is 258 cm³/mol. The van der Waals surface area contributed by atoms with Crippen molar-refractivity contribution in [3.05, 3.63) is 85.1 Å². The van der Waals surface area contributed by atoms with Crippen LogP contribution in [0.1, 0.15) is 168 Å². The summed E-state index contributed by atoms with van der Waals surface area (Å²) in [6.45, 7) is 3.17. The van der Waals surface area contributed by atoms with E-state index in [4.69, 9.17) is 18.5 Å². The van der Waals surface area contributed by atoms with E-state index in [-0.39, 0.29) is 12.8 Å². The number of ether oxygens (including phenoxy) is 2. The number of aliphatic hydroxyl groups is 5. The zero-order valence-electron chi connectivity index (χ0n) is 39.5. The molecule has 6 unspecified atom stereocenters. The topological polar surface area (TPSA) is 210 Å². The van der Waals surface area contributed by atoms with Crippen LogP contribution >= 0.6 is 7.82 Å².